The quantitative estimate of drug-likeness (QED) is 0.100. The first kappa shape index (κ1) is 36.0. The van der Waals surface area contributed by atoms with Crippen LogP contribution < -0.4 is 21.4 Å². The van der Waals surface area contributed by atoms with Crippen LogP contribution in [0, 0.1) is 13.8 Å². The Morgan fingerprint density at radius 1 is 0.436 bits per heavy atom. The summed E-state index contributed by atoms with van der Waals surface area (Å²) in [4.78, 5) is 15.3. The summed E-state index contributed by atoms with van der Waals surface area (Å²) in [6.07, 6.45) is 8.56. The molecule has 1 aliphatic rings. The molecule has 272 valence electrons. The number of allylic oxidation sites excluding steroid dienone is 3. The molecular formula is C50H45BrN4. The molecule has 0 fully saturated rings. The number of aryl methyl sites for hydroxylation is 2. The van der Waals surface area contributed by atoms with Gasteiger partial charge in [-0.2, -0.15) is 0 Å². The molecule has 3 aromatic carbocycles. The SMILES string of the molecule is C=CCC(CC=C)(CC=C)c1ccc(C2=c3ccc([nH]3)=C(c3ccc(C)cc3)c3ccc([nH]3)C(Br)=c3ccc([nH]3)=C(c3ccc(C)cc3)c3ccc2[nH]3)cc1. The van der Waals surface area contributed by atoms with Gasteiger partial charge in [-0.3, -0.25) is 0 Å². The van der Waals surface area contributed by atoms with Gasteiger partial charge in [0.15, 0.2) is 0 Å². The zero-order valence-electron chi connectivity index (χ0n) is 31.4. The van der Waals surface area contributed by atoms with Crippen LogP contribution in [0.15, 0.2) is 159 Å². The zero-order valence-corrected chi connectivity index (χ0v) is 33.0. The Balaban J connectivity index is 1.44. The van der Waals surface area contributed by atoms with Crippen molar-refractivity contribution in [3.63, 3.8) is 0 Å². The van der Waals surface area contributed by atoms with E-state index in [0.717, 1.165) is 101 Å². The Morgan fingerprint density at radius 2 is 0.782 bits per heavy atom. The molecule has 8 rings (SSSR count). The van der Waals surface area contributed by atoms with Crippen LogP contribution in [0.4, 0.5) is 0 Å². The average Bonchev–Trinajstić information content (AvgIpc) is 4.03. The van der Waals surface area contributed by atoms with Gasteiger partial charge in [0.05, 0.1) is 15.5 Å². The van der Waals surface area contributed by atoms with Crippen molar-refractivity contribution in [3.05, 3.63) is 237 Å². The van der Waals surface area contributed by atoms with Gasteiger partial charge in [0.1, 0.15) is 0 Å². The number of fused-ring (bicyclic) bond motifs is 8. The number of aromatic amines is 4. The Hall–Kier alpha value is -6.04. The van der Waals surface area contributed by atoms with Gasteiger partial charge in [0.25, 0.3) is 0 Å². The van der Waals surface area contributed by atoms with E-state index in [9.17, 15) is 0 Å². The molecule has 4 nitrogen and oxygen atoms in total. The molecule has 0 radical (unpaired) electrons. The summed E-state index contributed by atoms with van der Waals surface area (Å²) in [7, 11) is 0. The van der Waals surface area contributed by atoms with E-state index in [0.29, 0.717) is 0 Å². The number of benzene rings is 3. The largest absolute Gasteiger partial charge is 0.354 e. The minimum atomic E-state index is -0.139. The third-order valence-electron chi connectivity index (χ3n) is 10.9. The van der Waals surface area contributed by atoms with E-state index in [1.165, 1.54) is 16.7 Å². The second kappa shape index (κ2) is 15.0. The molecule has 8 bridgehead atoms. The topological polar surface area (TPSA) is 63.2 Å². The Morgan fingerprint density at radius 3 is 1.20 bits per heavy atom. The van der Waals surface area contributed by atoms with Crippen molar-refractivity contribution in [2.24, 2.45) is 0 Å². The summed E-state index contributed by atoms with van der Waals surface area (Å²) in [6, 6.07) is 44.0. The fourth-order valence-electron chi connectivity index (χ4n) is 8.09. The van der Waals surface area contributed by atoms with Crippen LogP contribution in [0.2, 0.25) is 0 Å². The minimum Gasteiger partial charge on any atom is -0.354 e. The molecule has 5 heterocycles. The van der Waals surface area contributed by atoms with Gasteiger partial charge in [-0.1, -0.05) is 102 Å². The van der Waals surface area contributed by atoms with E-state index in [4.69, 9.17) is 0 Å². The Labute approximate surface area is 330 Å². The van der Waals surface area contributed by atoms with E-state index < -0.39 is 0 Å². The molecule has 4 aromatic heterocycles. The highest BCUT2D eigenvalue weighted by molar-refractivity contribution is 9.15. The monoisotopic (exact) mass is 780 g/mol. The lowest BCUT2D eigenvalue weighted by molar-refractivity contribution is 0.442. The van der Waals surface area contributed by atoms with Crippen LogP contribution in [0.5, 0.6) is 0 Å². The van der Waals surface area contributed by atoms with Gasteiger partial charge in [-0.15, -0.1) is 19.7 Å². The van der Waals surface area contributed by atoms with Crippen molar-refractivity contribution in [1.82, 2.24) is 19.9 Å². The fourth-order valence-corrected chi connectivity index (χ4v) is 8.55. The number of hydrogen-bond acceptors (Lipinski definition) is 0. The molecule has 0 unspecified atom stereocenters. The fraction of sp³-hybridized carbons (Fsp3) is 0.120. The molecule has 55 heavy (non-hydrogen) atoms. The number of H-pyrrole nitrogens is 4. The van der Waals surface area contributed by atoms with E-state index in [-0.39, 0.29) is 5.41 Å². The maximum atomic E-state index is 4.10. The maximum absolute atomic E-state index is 4.10. The van der Waals surface area contributed by atoms with Crippen LogP contribution in [-0.2, 0) is 5.41 Å². The third kappa shape index (κ3) is 6.81. The highest BCUT2D eigenvalue weighted by Crippen LogP contribution is 2.38. The summed E-state index contributed by atoms with van der Waals surface area (Å²) in [5, 5.41) is 4.04. The van der Waals surface area contributed by atoms with Crippen molar-refractivity contribution in [2.75, 3.05) is 0 Å². The summed E-state index contributed by atoms with van der Waals surface area (Å²) in [6.45, 7) is 16.6. The Kier molecular flexibility index (Phi) is 9.81. The summed E-state index contributed by atoms with van der Waals surface area (Å²) < 4.78 is 0.959. The highest BCUT2D eigenvalue weighted by atomic mass is 79.9. The van der Waals surface area contributed by atoms with E-state index in [1.54, 1.807) is 0 Å². The molecule has 0 aliphatic carbocycles. The summed E-state index contributed by atoms with van der Waals surface area (Å²) >= 11 is 3.95. The van der Waals surface area contributed by atoms with Crippen molar-refractivity contribution in [3.8, 4) is 0 Å². The standard InChI is InChI=1S/C50H45BrN4/c1-6-29-50(30-7-2,31-8-3)37-19-17-36(18-20-37)48-40-23-21-38(52-40)46(34-13-9-32(4)10-14-34)42-25-27-44(54-42)49(51)45-28-26-43(55-45)47(39-22-24-41(48)53-39)35-15-11-33(5)12-16-35/h6-28,52-55H,1-3,29-31H2,4-5H3. The number of aromatic nitrogens is 4. The van der Waals surface area contributed by atoms with Gasteiger partial charge in [0.2, 0.25) is 0 Å². The average molecular weight is 782 g/mol. The van der Waals surface area contributed by atoms with Gasteiger partial charge in [-0.05, 0) is 120 Å². The van der Waals surface area contributed by atoms with Crippen LogP contribution in [0.3, 0.4) is 0 Å². The minimum absolute atomic E-state index is 0.139. The lowest BCUT2D eigenvalue weighted by atomic mass is 9.72. The number of hydrogen-bond donors (Lipinski definition) is 4. The lowest BCUT2D eigenvalue weighted by Gasteiger charge is -2.32. The normalized spacial score (nSPS) is 12.9. The van der Waals surface area contributed by atoms with Crippen LogP contribution >= 0.6 is 15.9 Å². The van der Waals surface area contributed by atoms with Gasteiger partial charge >= 0.3 is 0 Å². The second-order valence-corrected chi connectivity index (χ2v) is 15.4. The van der Waals surface area contributed by atoms with Gasteiger partial charge in [-0.25, -0.2) is 0 Å². The highest BCUT2D eigenvalue weighted by Gasteiger charge is 2.28. The number of halogens is 1. The molecule has 0 spiro atoms. The molecule has 1 aliphatic heterocycles. The molecule has 5 heteroatoms. The maximum Gasteiger partial charge on any atom is 0.0645 e. The predicted molar refractivity (Wildman–Crippen MR) is 233 cm³/mol. The first-order valence-electron chi connectivity index (χ1n) is 18.8. The van der Waals surface area contributed by atoms with Crippen molar-refractivity contribution in [1.29, 1.82) is 0 Å². The smallest absolute Gasteiger partial charge is 0.0645 e. The molecule has 0 saturated heterocycles. The second-order valence-electron chi connectivity index (χ2n) is 14.6. The van der Waals surface area contributed by atoms with Gasteiger partial charge < -0.3 is 19.9 Å². The van der Waals surface area contributed by atoms with Crippen molar-refractivity contribution >= 4 is 37.1 Å². The van der Waals surface area contributed by atoms with Crippen LogP contribution in [0.1, 0.15) is 75.4 Å². The van der Waals surface area contributed by atoms with E-state index in [1.807, 2.05) is 18.2 Å². The van der Waals surface area contributed by atoms with Crippen molar-refractivity contribution < 1.29 is 0 Å². The molecule has 4 N–H and O–H groups in total. The molecule has 0 atom stereocenters. The first-order chi connectivity index (χ1) is 26.8. The predicted octanol–water partition coefficient (Wildman–Crippen LogP) is 9.19. The number of rotatable bonds is 10. The molecule has 0 amide bonds. The summed E-state index contributed by atoms with van der Waals surface area (Å²) in [5.41, 5.74) is 14.2. The summed E-state index contributed by atoms with van der Waals surface area (Å²) in [5.74, 6) is 0. The van der Waals surface area contributed by atoms with Crippen LogP contribution in [-0.4, -0.2) is 19.9 Å². The molecule has 7 aromatic rings. The Bertz CT molecular complexity index is 2770. The van der Waals surface area contributed by atoms with E-state index >= 15 is 0 Å². The number of nitrogens with one attached hydrogen (secondary N) is 4. The lowest BCUT2D eigenvalue weighted by Crippen LogP contribution is -2.24. The van der Waals surface area contributed by atoms with Gasteiger partial charge in [0, 0.05) is 55.3 Å². The zero-order chi connectivity index (χ0) is 38.1. The van der Waals surface area contributed by atoms with Crippen LogP contribution in [0.25, 0.3) is 21.2 Å². The molecule has 0 saturated carbocycles. The van der Waals surface area contributed by atoms with E-state index in [2.05, 4.69) is 191 Å². The molecular weight excluding hydrogens is 736 g/mol. The third-order valence-corrected chi connectivity index (χ3v) is 11.8. The first-order valence-corrected chi connectivity index (χ1v) is 19.6. The van der Waals surface area contributed by atoms with Crippen molar-refractivity contribution in [2.45, 2.75) is 38.5 Å².